The second-order valence-electron chi connectivity index (χ2n) is 7.90. The summed E-state index contributed by atoms with van der Waals surface area (Å²) in [5, 5.41) is 9.82. The maximum Gasteiger partial charge on any atom is 0.417 e. The second-order valence-corrected chi connectivity index (χ2v) is 7.90. The van der Waals surface area contributed by atoms with Crippen molar-refractivity contribution in [1.29, 1.82) is 0 Å². The molecule has 2 aromatic rings. The van der Waals surface area contributed by atoms with Crippen LogP contribution < -0.4 is 15.5 Å². The first-order chi connectivity index (χ1) is 14.7. The topological polar surface area (TPSA) is 101 Å². The number of pyridine rings is 1. The van der Waals surface area contributed by atoms with E-state index >= 15 is 0 Å². The van der Waals surface area contributed by atoms with Crippen molar-refractivity contribution in [2.75, 3.05) is 48.4 Å². The lowest BCUT2D eigenvalue weighted by Crippen LogP contribution is -2.45. The highest BCUT2D eigenvalue weighted by Gasteiger charge is 2.35. The number of hydrogen-bond acceptors (Lipinski definition) is 8. The van der Waals surface area contributed by atoms with Crippen molar-refractivity contribution < 1.29 is 23.0 Å². The van der Waals surface area contributed by atoms with Crippen LogP contribution in [0.1, 0.15) is 25.3 Å². The Bertz CT molecular complexity index is 934. The molecule has 3 N–H and O–H groups in total. The van der Waals surface area contributed by atoms with Crippen molar-refractivity contribution in [3.05, 3.63) is 23.9 Å². The van der Waals surface area contributed by atoms with Crippen LogP contribution in [0.25, 0.3) is 11.3 Å². The second kappa shape index (κ2) is 8.46. The third kappa shape index (κ3) is 4.67. The van der Waals surface area contributed by atoms with E-state index < -0.39 is 11.7 Å². The summed E-state index contributed by atoms with van der Waals surface area (Å²) in [5.74, 6) is 0.660. The molecule has 0 bridgehead atoms. The van der Waals surface area contributed by atoms with E-state index in [4.69, 9.17) is 10.5 Å². The summed E-state index contributed by atoms with van der Waals surface area (Å²) in [5.41, 5.74) is 4.62. The minimum atomic E-state index is -4.61. The van der Waals surface area contributed by atoms with Gasteiger partial charge in [-0.1, -0.05) is 0 Å². The van der Waals surface area contributed by atoms with E-state index in [0.29, 0.717) is 57.5 Å². The van der Waals surface area contributed by atoms with Gasteiger partial charge in [-0.15, -0.1) is 0 Å². The minimum absolute atomic E-state index is 0.0216. The number of rotatable bonds is 3. The Morgan fingerprint density at radius 3 is 2.58 bits per heavy atom. The quantitative estimate of drug-likeness (QED) is 0.753. The molecule has 168 valence electrons. The molecule has 2 aliphatic rings. The van der Waals surface area contributed by atoms with Gasteiger partial charge in [-0.3, -0.25) is 0 Å². The summed E-state index contributed by atoms with van der Waals surface area (Å²) >= 11 is 0. The van der Waals surface area contributed by atoms with Gasteiger partial charge in [-0.2, -0.15) is 18.2 Å². The molecular formula is C20H25F3N6O2. The van der Waals surface area contributed by atoms with Crippen LogP contribution in [0.3, 0.4) is 0 Å². The SMILES string of the molecule is CC1COCCN1c1nc(-c2cnc(N)cc2C(F)(F)F)cc(N2CCC(O)CC2)n1. The predicted molar refractivity (Wildman–Crippen MR) is 110 cm³/mol. The molecule has 2 saturated heterocycles. The van der Waals surface area contributed by atoms with Crippen LogP contribution in [0.2, 0.25) is 0 Å². The molecule has 0 aromatic carbocycles. The average molecular weight is 438 g/mol. The van der Waals surface area contributed by atoms with Crippen LogP contribution in [0, 0.1) is 0 Å². The van der Waals surface area contributed by atoms with Crippen LogP contribution in [0.4, 0.5) is 30.8 Å². The molecule has 4 heterocycles. The fraction of sp³-hybridized carbons (Fsp3) is 0.550. The van der Waals surface area contributed by atoms with E-state index in [0.717, 1.165) is 12.3 Å². The summed E-state index contributed by atoms with van der Waals surface area (Å²) in [7, 11) is 0. The first-order valence-corrected chi connectivity index (χ1v) is 10.2. The lowest BCUT2D eigenvalue weighted by Gasteiger charge is -2.35. The van der Waals surface area contributed by atoms with Gasteiger partial charge in [0.15, 0.2) is 0 Å². The van der Waals surface area contributed by atoms with Crippen LogP contribution in [0.15, 0.2) is 18.3 Å². The number of aliphatic hydroxyl groups is 1. The summed E-state index contributed by atoms with van der Waals surface area (Å²) in [6, 6.07) is 2.35. The number of halogens is 3. The van der Waals surface area contributed by atoms with Gasteiger partial charge in [-0.05, 0) is 25.8 Å². The van der Waals surface area contributed by atoms with Crippen molar-refractivity contribution in [2.45, 2.75) is 38.1 Å². The molecule has 2 aromatic heterocycles. The van der Waals surface area contributed by atoms with Crippen molar-refractivity contribution in [2.24, 2.45) is 0 Å². The molecule has 2 fully saturated rings. The number of hydrogen-bond donors (Lipinski definition) is 2. The van der Waals surface area contributed by atoms with E-state index in [-0.39, 0.29) is 29.2 Å². The summed E-state index contributed by atoms with van der Waals surface area (Å²) in [4.78, 5) is 16.9. The Morgan fingerprint density at radius 2 is 1.90 bits per heavy atom. The molecule has 2 aliphatic heterocycles. The van der Waals surface area contributed by atoms with Gasteiger partial charge < -0.3 is 25.4 Å². The maximum absolute atomic E-state index is 13.7. The molecule has 0 spiro atoms. The number of morpholine rings is 1. The Kier molecular flexibility index (Phi) is 5.89. The van der Waals surface area contributed by atoms with Crippen LogP contribution >= 0.6 is 0 Å². The highest BCUT2D eigenvalue weighted by molar-refractivity contribution is 5.69. The number of nitrogens with zero attached hydrogens (tertiary/aromatic N) is 5. The fourth-order valence-corrected chi connectivity index (χ4v) is 3.88. The lowest BCUT2D eigenvalue weighted by atomic mass is 10.1. The van der Waals surface area contributed by atoms with E-state index in [2.05, 4.69) is 15.0 Å². The number of alkyl halides is 3. The number of nitrogens with two attached hydrogens (primary N) is 1. The number of aliphatic hydroxyl groups excluding tert-OH is 1. The largest absolute Gasteiger partial charge is 0.417 e. The highest BCUT2D eigenvalue weighted by Crippen LogP contribution is 2.38. The minimum Gasteiger partial charge on any atom is -0.393 e. The molecule has 1 unspecified atom stereocenters. The third-order valence-corrected chi connectivity index (χ3v) is 5.62. The predicted octanol–water partition coefficient (Wildman–Crippen LogP) is 2.33. The molecule has 0 radical (unpaired) electrons. The average Bonchev–Trinajstić information content (AvgIpc) is 2.73. The normalized spacial score (nSPS) is 20.9. The van der Waals surface area contributed by atoms with Crippen LogP contribution in [-0.2, 0) is 10.9 Å². The Hall–Kier alpha value is -2.66. The summed E-state index contributed by atoms with van der Waals surface area (Å²) in [6.45, 7) is 4.58. The molecule has 11 heteroatoms. The monoisotopic (exact) mass is 438 g/mol. The molecule has 31 heavy (non-hydrogen) atoms. The van der Waals surface area contributed by atoms with Crippen molar-refractivity contribution >= 4 is 17.6 Å². The zero-order valence-corrected chi connectivity index (χ0v) is 17.1. The Balaban J connectivity index is 1.82. The maximum atomic E-state index is 13.7. The number of nitrogen functional groups attached to an aromatic ring is 1. The van der Waals surface area contributed by atoms with Gasteiger partial charge in [0.2, 0.25) is 5.95 Å². The first-order valence-electron chi connectivity index (χ1n) is 10.2. The Morgan fingerprint density at radius 1 is 1.16 bits per heavy atom. The molecule has 0 saturated carbocycles. The molecule has 4 rings (SSSR count). The van der Waals surface area contributed by atoms with Crippen molar-refractivity contribution in [1.82, 2.24) is 15.0 Å². The smallest absolute Gasteiger partial charge is 0.393 e. The first kappa shape index (κ1) is 21.6. The zero-order valence-electron chi connectivity index (χ0n) is 17.1. The van der Waals surface area contributed by atoms with Gasteiger partial charge in [-0.25, -0.2) is 9.97 Å². The lowest BCUT2D eigenvalue weighted by molar-refractivity contribution is -0.137. The third-order valence-electron chi connectivity index (χ3n) is 5.62. The fourth-order valence-electron chi connectivity index (χ4n) is 3.88. The molecular weight excluding hydrogens is 413 g/mol. The van der Waals surface area contributed by atoms with Crippen LogP contribution in [-0.4, -0.2) is 65.1 Å². The van der Waals surface area contributed by atoms with Crippen LogP contribution in [0.5, 0.6) is 0 Å². The van der Waals surface area contributed by atoms with Crippen molar-refractivity contribution in [3.8, 4) is 11.3 Å². The number of aromatic nitrogens is 3. The zero-order chi connectivity index (χ0) is 22.2. The number of piperidine rings is 1. The van der Waals surface area contributed by atoms with Gasteiger partial charge in [0.1, 0.15) is 11.6 Å². The van der Waals surface area contributed by atoms with E-state index in [9.17, 15) is 18.3 Å². The standard InChI is InChI=1S/C20H25F3N6O2/c1-12-11-31-7-6-29(12)19-26-16(9-18(27-19)28-4-2-13(30)3-5-28)14-10-25-17(24)8-15(14)20(21,22)23/h8-10,12-13,30H,2-7,11H2,1H3,(H2,24,25). The summed E-state index contributed by atoms with van der Waals surface area (Å²) in [6.07, 6.45) is -2.75. The van der Waals surface area contributed by atoms with Gasteiger partial charge in [0, 0.05) is 37.5 Å². The highest BCUT2D eigenvalue weighted by atomic mass is 19.4. The van der Waals surface area contributed by atoms with Gasteiger partial charge in [0.25, 0.3) is 0 Å². The molecule has 1 atom stereocenters. The molecule has 0 aliphatic carbocycles. The van der Waals surface area contributed by atoms with E-state index in [1.807, 2.05) is 16.7 Å². The Labute approximate surface area is 177 Å². The van der Waals surface area contributed by atoms with Crippen molar-refractivity contribution in [3.63, 3.8) is 0 Å². The van der Waals surface area contributed by atoms with Gasteiger partial charge in [0.05, 0.1) is 36.6 Å². The summed E-state index contributed by atoms with van der Waals surface area (Å²) < 4.78 is 46.7. The van der Waals surface area contributed by atoms with E-state index in [1.54, 1.807) is 6.07 Å². The molecule has 0 amide bonds. The number of anilines is 3. The molecule has 8 nitrogen and oxygen atoms in total. The van der Waals surface area contributed by atoms with E-state index in [1.165, 1.54) is 0 Å². The van der Waals surface area contributed by atoms with Gasteiger partial charge >= 0.3 is 6.18 Å². The number of ether oxygens (including phenoxy) is 1.